The van der Waals surface area contributed by atoms with Crippen LogP contribution in [0, 0.1) is 0 Å². The lowest BCUT2D eigenvalue weighted by Crippen LogP contribution is -1.85. The molecule has 2 heteroatoms. The molecule has 1 N–H and O–H groups in total. The van der Waals surface area contributed by atoms with E-state index in [0.717, 1.165) is 5.56 Å². The van der Waals surface area contributed by atoms with Gasteiger partial charge in [0.25, 0.3) is 0 Å². The first kappa shape index (κ1) is 8.65. The predicted molar refractivity (Wildman–Crippen MR) is 48.6 cm³/mol. The van der Waals surface area contributed by atoms with E-state index in [9.17, 15) is 5.11 Å². The summed E-state index contributed by atoms with van der Waals surface area (Å²) in [5.74, 6) is 0.926. The second kappa shape index (κ2) is 3.81. The highest BCUT2D eigenvalue weighted by Gasteiger charge is 1.99. The minimum Gasteiger partial charge on any atom is -0.508 e. The number of rotatable bonds is 3. The maximum Gasteiger partial charge on any atom is 0.122 e. The second-order valence-electron chi connectivity index (χ2n) is 2.49. The Morgan fingerprint density at radius 2 is 2.33 bits per heavy atom. The molecule has 0 unspecified atom stereocenters. The zero-order valence-electron chi connectivity index (χ0n) is 7.08. The van der Waals surface area contributed by atoms with Crippen LogP contribution in [0.3, 0.4) is 0 Å². The molecule has 1 aromatic carbocycles. The number of aromatic hydroxyl groups is 1. The molecule has 0 saturated carbocycles. The Morgan fingerprint density at radius 3 is 2.83 bits per heavy atom. The number of benzene rings is 1. The molecule has 0 saturated heterocycles. The van der Waals surface area contributed by atoms with E-state index < -0.39 is 0 Å². The van der Waals surface area contributed by atoms with Gasteiger partial charge in [0.1, 0.15) is 11.5 Å². The lowest BCUT2D eigenvalue weighted by Gasteiger charge is -2.03. The van der Waals surface area contributed by atoms with Gasteiger partial charge in [-0.2, -0.15) is 0 Å². The topological polar surface area (TPSA) is 29.5 Å². The number of phenols is 1. The molecule has 0 spiro atoms. The van der Waals surface area contributed by atoms with Gasteiger partial charge in [-0.05, 0) is 18.1 Å². The summed E-state index contributed by atoms with van der Waals surface area (Å²) >= 11 is 0. The van der Waals surface area contributed by atoms with Crippen molar-refractivity contribution in [1.82, 2.24) is 0 Å². The summed E-state index contributed by atoms with van der Waals surface area (Å²) in [6.07, 6.45) is 2.43. The molecule has 0 amide bonds. The molecule has 0 radical (unpaired) electrons. The van der Waals surface area contributed by atoms with E-state index in [0.29, 0.717) is 12.2 Å². The van der Waals surface area contributed by atoms with Crippen molar-refractivity contribution in [2.75, 3.05) is 7.11 Å². The van der Waals surface area contributed by atoms with E-state index in [1.807, 2.05) is 12.1 Å². The molecule has 0 fully saturated rings. The van der Waals surface area contributed by atoms with Crippen LogP contribution in [0.1, 0.15) is 5.56 Å². The molecule has 1 aromatic rings. The first-order chi connectivity index (χ1) is 5.77. The average molecular weight is 164 g/mol. The first-order valence-electron chi connectivity index (χ1n) is 3.74. The Balaban J connectivity index is 2.94. The van der Waals surface area contributed by atoms with Crippen LogP contribution in [-0.2, 0) is 6.42 Å². The van der Waals surface area contributed by atoms with E-state index in [4.69, 9.17) is 4.74 Å². The van der Waals surface area contributed by atoms with E-state index in [-0.39, 0.29) is 5.75 Å². The molecular formula is C10H12O2. The van der Waals surface area contributed by atoms with Gasteiger partial charge in [0.2, 0.25) is 0 Å². The van der Waals surface area contributed by atoms with Crippen molar-refractivity contribution in [3.05, 3.63) is 36.4 Å². The molecule has 0 aliphatic carbocycles. The molecule has 1 rings (SSSR count). The summed E-state index contributed by atoms with van der Waals surface area (Å²) in [6, 6.07) is 5.24. The molecule has 0 aliphatic rings. The third kappa shape index (κ3) is 1.78. The van der Waals surface area contributed by atoms with Crippen molar-refractivity contribution < 1.29 is 9.84 Å². The Kier molecular flexibility index (Phi) is 2.75. The van der Waals surface area contributed by atoms with Crippen molar-refractivity contribution in [3.8, 4) is 11.5 Å². The quantitative estimate of drug-likeness (QED) is 0.693. The molecule has 12 heavy (non-hydrogen) atoms. The highest BCUT2D eigenvalue weighted by atomic mass is 16.5. The van der Waals surface area contributed by atoms with Crippen LogP contribution in [0.2, 0.25) is 0 Å². The number of methoxy groups -OCH3 is 1. The monoisotopic (exact) mass is 164 g/mol. The lowest BCUT2D eigenvalue weighted by atomic mass is 10.1. The van der Waals surface area contributed by atoms with Crippen LogP contribution in [0.5, 0.6) is 11.5 Å². The van der Waals surface area contributed by atoms with Crippen LogP contribution in [-0.4, -0.2) is 12.2 Å². The van der Waals surface area contributed by atoms with Crippen LogP contribution in [0.4, 0.5) is 0 Å². The summed E-state index contributed by atoms with van der Waals surface area (Å²) < 4.78 is 4.94. The summed E-state index contributed by atoms with van der Waals surface area (Å²) in [5, 5.41) is 9.43. The van der Waals surface area contributed by atoms with Gasteiger partial charge >= 0.3 is 0 Å². The minimum atomic E-state index is 0.259. The van der Waals surface area contributed by atoms with Gasteiger partial charge < -0.3 is 9.84 Å². The smallest absolute Gasteiger partial charge is 0.122 e. The molecule has 0 heterocycles. The standard InChI is InChI=1S/C10H12O2/c1-3-4-8-5-6-9(12-2)7-10(8)11/h3,5-7,11H,1,4H2,2H3. The third-order valence-corrected chi connectivity index (χ3v) is 1.66. The van der Waals surface area contributed by atoms with Crippen LogP contribution in [0.15, 0.2) is 30.9 Å². The SMILES string of the molecule is C=CCc1ccc(OC)cc1O. The fourth-order valence-corrected chi connectivity index (χ4v) is 0.999. The molecule has 0 atom stereocenters. The highest BCUT2D eigenvalue weighted by Crippen LogP contribution is 2.23. The normalized spacial score (nSPS) is 9.42. The molecule has 0 bridgehead atoms. The van der Waals surface area contributed by atoms with Gasteiger partial charge in [0.15, 0.2) is 0 Å². The Labute approximate surface area is 72.1 Å². The zero-order chi connectivity index (χ0) is 8.97. The number of hydrogen-bond donors (Lipinski definition) is 1. The third-order valence-electron chi connectivity index (χ3n) is 1.66. The van der Waals surface area contributed by atoms with Gasteiger partial charge in [0, 0.05) is 6.07 Å². The largest absolute Gasteiger partial charge is 0.508 e. The minimum absolute atomic E-state index is 0.259. The summed E-state index contributed by atoms with van der Waals surface area (Å²) in [5.41, 5.74) is 0.866. The Morgan fingerprint density at radius 1 is 1.58 bits per heavy atom. The predicted octanol–water partition coefficient (Wildman–Crippen LogP) is 2.13. The zero-order valence-corrected chi connectivity index (χ0v) is 7.08. The summed E-state index contributed by atoms with van der Waals surface area (Å²) in [4.78, 5) is 0. The van der Waals surface area contributed by atoms with E-state index in [1.54, 1.807) is 19.3 Å². The number of phenolic OH excluding ortho intramolecular Hbond substituents is 1. The van der Waals surface area contributed by atoms with Gasteiger partial charge in [-0.1, -0.05) is 12.1 Å². The highest BCUT2D eigenvalue weighted by molar-refractivity contribution is 5.40. The number of allylic oxidation sites excluding steroid dienone is 1. The van der Waals surface area contributed by atoms with Crippen LogP contribution >= 0.6 is 0 Å². The summed E-state index contributed by atoms with van der Waals surface area (Å²) in [7, 11) is 1.57. The van der Waals surface area contributed by atoms with E-state index >= 15 is 0 Å². The number of ether oxygens (including phenoxy) is 1. The van der Waals surface area contributed by atoms with Crippen molar-refractivity contribution in [2.24, 2.45) is 0 Å². The van der Waals surface area contributed by atoms with Gasteiger partial charge in [-0.3, -0.25) is 0 Å². The van der Waals surface area contributed by atoms with Gasteiger partial charge in [0.05, 0.1) is 7.11 Å². The van der Waals surface area contributed by atoms with Gasteiger partial charge in [-0.25, -0.2) is 0 Å². The van der Waals surface area contributed by atoms with Crippen LogP contribution < -0.4 is 4.74 Å². The molecule has 0 aliphatic heterocycles. The van der Waals surface area contributed by atoms with Crippen LogP contribution in [0.25, 0.3) is 0 Å². The molecule has 64 valence electrons. The fraction of sp³-hybridized carbons (Fsp3) is 0.200. The fourth-order valence-electron chi connectivity index (χ4n) is 0.999. The van der Waals surface area contributed by atoms with Crippen molar-refractivity contribution >= 4 is 0 Å². The van der Waals surface area contributed by atoms with E-state index in [2.05, 4.69) is 6.58 Å². The first-order valence-corrected chi connectivity index (χ1v) is 3.74. The van der Waals surface area contributed by atoms with Gasteiger partial charge in [-0.15, -0.1) is 6.58 Å². The lowest BCUT2D eigenvalue weighted by molar-refractivity contribution is 0.406. The van der Waals surface area contributed by atoms with Crippen molar-refractivity contribution in [3.63, 3.8) is 0 Å². The van der Waals surface area contributed by atoms with E-state index in [1.165, 1.54) is 0 Å². The summed E-state index contributed by atoms with van der Waals surface area (Å²) in [6.45, 7) is 3.60. The maximum atomic E-state index is 9.43. The molecule has 2 nitrogen and oxygen atoms in total. The maximum absolute atomic E-state index is 9.43. The average Bonchev–Trinajstić information content (AvgIpc) is 2.09. The molecular weight excluding hydrogens is 152 g/mol. The second-order valence-corrected chi connectivity index (χ2v) is 2.49. The molecule has 0 aromatic heterocycles. The number of hydrogen-bond acceptors (Lipinski definition) is 2. The Bertz CT molecular complexity index is 279. The Hall–Kier alpha value is -1.44. The van der Waals surface area contributed by atoms with Crippen molar-refractivity contribution in [2.45, 2.75) is 6.42 Å². The van der Waals surface area contributed by atoms with Crippen molar-refractivity contribution in [1.29, 1.82) is 0 Å².